The molecule has 0 atom stereocenters. The quantitative estimate of drug-likeness (QED) is 0.642. The molecule has 1 aromatic carbocycles. The number of benzene rings is 1. The lowest BCUT2D eigenvalue weighted by Gasteiger charge is -2.09. The number of nitrogens with zero attached hydrogens (tertiary/aromatic N) is 2. The van der Waals surface area contributed by atoms with E-state index in [0.717, 1.165) is 0 Å². The third kappa shape index (κ3) is 3.04. The van der Waals surface area contributed by atoms with Gasteiger partial charge in [-0.2, -0.15) is 0 Å². The molecule has 0 radical (unpaired) electrons. The average Bonchev–Trinajstić information content (AvgIpc) is 2.81. The second-order valence-electron chi connectivity index (χ2n) is 3.87. The fraction of sp³-hybridized carbons (Fsp3) is 0.143. The number of carbonyl (C=O) groups excluding carboxylic acids is 1. The zero-order chi connectivity index (χ0) is 13.8. The highest BCUT2D eigenvalue weighted by Crippen LogP contribution is 2.19. The van der Waals surface area contributed by atoms with Gasteiger partial charge in [-0.05, 0) is 28.1 Å². The highest BCUT2D eigenvalue weighted by molar-refractivity contribution is 9.18. The Hall–Kier alpha value is -2.06. The molecule has 5 heteroatoms. The summed E-state index contributed by atoms with van der Waals surface area (Å²) in [6, 6.07) is 6.97. The van der Waals surface area contributed by atoms with Crippen LogP contribution in [0.4, 0.5) is 0 Å². The molecule has 96 valence electrons. The van der Waals surface area contributed by atoms with Crippen molar-refractivity contribution in [2.24, 2.45) is 7.05 Å². The van der Waals surface area contributed by atoms with Crippen LogP contribution >= 0.6 is 15.9 Å². The lowest BCUT2D eigenvalue weighted by molar-refractivity contribution is 0.109. The van der Waals surface area contributed by atoms with E-state index in [0.29, 0.717) is 22.6 Å². The average molecular weight is 319 g/mol. The number of carbonyl (C=O) groups is 1. The van der Waals surface area contributed by atoms with Gasteiger partial charge in [0.25, 0.3) is 0 Å². The molecule has 19 heavy (non-hydrogen) atoms. The molecule has 0 saturated carbocycles. The number of halogens is 1. The van der Waals surface area contributed by atoms with Crippen LogP contribution in [0.3, 0.4) is 0 Å². The van der Waals surface area contributed by atoms with Gasteiger partial charge in [0.15, 0.2) is 0 Å². The van der Waals surface area contributed by atoms with Crippen molar-refractivity contribution in [2.75, 3.05) is 0 Å². The maximum Gasteiger partial charge on any atom is 0.233 e. The van der Waals surface area contributed by atoms with Crippen LogP contribution in [0, 0.1) is 12.3 Å². The maximum atomic E-state index is 11.5. The van der Waals surface area contributed by atoms with Crippen LogP contribution in [-0.2, 0) is 13.7 Å². The Balaban J connectivity index is 2.28. The van der Waals surface area contributed by atoms with Gasteiger partial charge in [-0.3, -0.25) is 9.48 Å². The summed E-state index contributed by atoms with van der Waals surface area (Å²) >= 11 is 2.94. The summed E-state index contributed by atoms with van der Waals surface area (Å²) in [6.07, 6.45) is 7.22. The Morgan fingerprint density at radius 1 is 1.53 bits per heavy atom. The third-order valence-corrected chi connectivity index (χ3v) is 3.02. The molecule has 0 spiro atoms. The van der Waals surface area contributed by atoms with Gasteiger partial charge in [0.1, 0.15) is 6.61 Å². The molecule has 0 amide bonds. The number of hydrogen-bond acceptors (Lipinski definition) is 3. The van der Waals surface area contributed by atoms with Crippen LogP contribution in [0.2, 0.25) is 0 Å². The summed E-state index contributed by atoms with van der Waals surface area (Å²) in [5.41, 5.74) is 1.82. The molecule has 2 rings (SSSR count). The Morgan fingerprint density at radius 2 is 2.32 bits per heavy atom. The molecular formula is C14H11BrN2O2. The van der Waals surface area contributed by atoms with Gasteiger partial charge in [0.05, 0.1) is 0 Å². The van der Waals surface area contributed by atoms with E-state index in [2.05, 4.69) is 26.9 Å². The standard InChI is InChI=1S/C14H11BrN2O2/c1-3-10-5-4-6-11(14(15)18)12(10)9-19-13-7-8-17(2)16-13/h1,4-8H,9H2,2H3. The monoisotopic (exact) mass is 318 g/mol. The van der Waals surface area contributed by atoms with Crippen molar-refractivity contribution in [3.8, 4) is 18.2 Å². The highest BCUT2D eigenvalue weighted by atomic mass is 79.9. The maximum absolute atomic E-state index is 11.5. The molecule has 0 unspecified atom stereocenters. The SMILES string of the molecule is C#Cc1cccc(C(=O)Br)c1COc1ccn(C)n1. The van der Waals surface area contributed by atoms with Crippen molar-refractivity contribution in [3.63, 3.8) is 0 Å². The third-order valence-electron chi connectivity index (χ3n) is 2.60. The highest BCUT2D eigenvalue weighted by Gasteiger charge is 2.13. The minimum Gasteiger partial charge on any atom is -0.472 e. The lowest BCUT2D eigenvalue weighted by atomic mass is 10.0. The molecule has 0 fully saturated rings. The van der Waals surface area contributed by atoms with Crippen LogP contribution in [0.25, 0.3) is 0 Å². The molecule has 1 aromatic heterocycles. The summed E-state index contributed by atoms with van der Waals surface area (Å²) in [6.45, 7) is 0.198. The first kappa shape index (κ1) is 13.4. The van der Waals surface area contributed by atoms with E-state index in [-0.39, 0.29) is 11.3 Å². The van der Waals surface area contributed by atoms with Crippen LogP contribution < -0.4 is 4.74 Å². The largest absolute Gasteiger partial charge is 0.472 e. The van der Waals surface area contributed by atoms with Gasteiger partial charge in [-0.15, -0.1) is 11.5 Å². The van der Waals surface area contributed by atoms with Gasteiger partial charge in [-0.1, -0.05) is 12.0 Å². The second-order valence-corrected chi connectivity index (χ2v) is 4.59. The Labute approximate surface area is 119 Å². The summed E-state index contributed by atoms with van der Waals surface area (Å²) in [5, 5.41) is 4.10. The topological polar surface area (TPSA) is 44.1 Å². The van der Waals surface area contributed by atoms with Crippen molar-refractivity contribution in [3.05, 3.63) is 47.2 Å². The van der Waals surface area contributed by atoms with Crippen molar-refractivity contribution in [1.82, 2.24) is 9.78 Å². The van der Waals surface area contributed by atoms with E-state index in [1.54, 1.807) is 42.2 Å². The van der Waals surface area contributed by atoms with Crippen LogP contribution in [0.1, 0.15) is 21.5 Å². The molecule has 2 aromatic rings. The van der Waals surface area contributed by atoms with Gasteiger partial charge in [0, 0.05) is 36.0 Å². The first-order valence-corrected chi connectivity index (χ1v) is 6.32. The fourth-order valence-corrected chi connectivity index (χ4v) is 2.05. The van der Waals surface area contributed by atoms with E-state index >= 15 is 0 Å². The predicted octanol–water partition coefficient (Wildman–Crippen LogP) is 2.52. The molecule has 0 aliphatic heterocycles. The van der Waals surface area contributed by atoms with Gasteiger partial charge in [-0.25, -0.2) is 0 Å². The minimum atomic E-state index is -0.218. The fourth-order valence-electron chi connectivity index (χ4n) is 1.68. The number of aryl methyl sites for hydroxylation is 1. The number of terminal acetylenes is 1. The molecule has 0 aliphatic rings. The Kier molecular flexibility index (Phi) is 4.03. The van der Waals surface area contributed by atoms with E-state index in [1.807, 2.05) is 0 Å². The van der Waals surface area contributed by atoms with Crippen LogP contribution in [-0.4, -0.2) is 14.5 Å². The summed E-state index contributed by atoms with van der Waals surface area (Å²) < 4.78 is 6.97. The normalized spacial score (nSPS) is 9.95. The predicted molar refractivity (Wildman–Crippen MR) is 75.2 cm³/mol. The minimum absolute atomic E-state index is 0.198. The first-order valence-electron chi connectivity index (χ1n) is 5.52. The van der Waals surface area contributed by atoms with E-state index in [1.165, 1.54) is 0 Å². The van der Waals surface area contributed by atoms with Crippen molar-refractivity contribution < 1.29 is 9.53 Å². The lowest BCUT2D eigenvalue weighted by Crippen LogP contribution is -2.05. The second kappa shape index (κ2) is 5.72. The molecule has 0 aliphatic carbocycles. The van der Waals surface area contributed by atoms with Crippen molar-refractivity contribution >= 4 is 20.6 Å². The number of ether oxygens (including phenoxy) is 1. The van der Waals surface area contributed by atoms with Gasteiger partial charge >= 0.3 is 0 Å². The van der Waals surface area contributed by atoms with Gasteiger partial charge in [0.2, 0.25) is 10.6 Å². The summed E-state index contributed by atoms with van der Waals surface area (Å²) in [7, 11) is 1.80. The zero-order valence-corrected chi connectivity index (χ0v) is 11.8. The van der Waals surface area contributed by atoms with Crippen LogP contribution in [0.5, 0.6) is 5.88 Å². The van der Waals surface area contributed by atoms with Gasteiger partial charge < -0.3 is 4.74 Å². The molecule has 1 heterocycles. The van der Waals surface area contributed by atoms with E-state index < -0.39 is 0 Å². The Bertz CT molecular complexity index is 656. The molecule has 0 saturated heterocycles. The molecule has 4 nitrogen and oxygen atoms in total. The smallest absolute Gasteiger partial charge is 0.233 e. The van der Waals surface area contributed by atoms with Crippen LogP contribution in [0.15, 0.2) is 30.5 Å². The number of rotatable bonds is 4. The Morgan fingerprint density at radius 3 is 2.89 bits per heavy atom. The van der Waals surface area contributed by atoms with E-state index in [9.17, 15) is 4.79 Å². The van der Waals surface area contributed by atoms with Crippen molar-refractivity contribution in [1.29, 1.82) is 0 Å². The molecule has 0 bridgehead atoms. The molecule has 0 N–H and O–H groups in total. The summed E-state index contributed by atoms with van der Waals surface area (Å²) in [5.74, 6) is 3.04. The van der Waals surface area contributed by atoms with Crippen molar-refractivity contribution in [2.45, 2.75) is 6.61 Å². The molecular weight excluding hydrogens is 308 g/mol. The first-order chi connectivity index (χ1) is 9.11. The number of aromatic nitrogens is 2. The zero-order valence-electron chi connectivity index (χ0n) is 10.3. The summed E-state index contributed by atoms with van der Waals surface area (Å²) in [4.78, 5) is 11.5. The van der Waals surface area contributed by atoms with E-state index in [4.69, 9.17) is 11.2 Å². The number of hydrogen-bond donors (Lipinski definition) is 0.